The lowest BCUT2D eigenvalue weighted by Gasteiger charge is -2.23. The lowest BCUT2D eigenvalue weighted by Crippen LogP contribution is -2.20. The zero-order chi connectivity index (χ0) is 24.7. The maximum absolute atomic E-state index is 12.9. The van der Waals surface area contributed by atoms with Crippen molar-refractivity contribution < 1.29 is 23.8 Å². The van der Waals surface area contributed by atoms with Crippen LogP contribution in [0.5, 0.6) is 17.2 Å². The normalized spacial score (nSPS) is 10.9. The van der Waals surface area contributed by atoms with Crippen LogP contribution in [0.3, 0.4) is 0 Å². The van der Waals surface area contributed by atoms with Gasteiger partial charge in [-0.2, -0.15) is 0 Å². The molecule has 0 saturated heterocycles. The Morgan fingerprint density at radius 1 is 0.824 bits per heavy atom. The molecule has 178 valence electrons. The van der Waals surface area contributed by atoms with Crippen LogP contribution < -0.4 is 24.8 Å². The summed E-state index contributed by atoms with van der Waals surface area (Å²) in [6.45, 7) is 6.07. The summed E-state index contributed by atoms with van der Waals surface area (Å²) in [5, 5.41) is 5.73. The van der Waals surface area contributed by atoms with Gasteiger partial charge in [0, 0.05) is 16.9 Å². The molecule has 0 spiro atoms. The lowest BCUT2D eigenvalue weighted by atomic mass is 9.86. The quantitative estimate of drug-likeness (QED) is 0.476. The topological polar surface area (TPSA) is 85.9 Å². The second-order valence-electron chi connectivity index (χ2n) is 8.68. The number of para-hydroxylation sites is 1. The van der Waals surface area contributed by atoms with Gasteiger partial charge in [0.15, 0.2) is 18.1 Å². The number of carbonyl (C=O) groups excluding carboxylic acids is 2. The van der Waals surface area contributed by atoms with Gasteiger partial charge < -0.3 is 24.8 Å². The SMILES string of the molecule is COc1ccc(NC(=O)COc2ccc(C(=O)Nc3ccccc3C(C)(C)C)cc2OC)cc1. The number of nitrogens with one attached hydrogen (secondary N) is 2. The average molecular weight is 463 g/mol. The first-order valence-corrected chi connectivity index (χ1v) is 10.9. The van der Waals surface area contributed by atoms with Crippen molar-refractivity contribution in [3.8, 4) is 17.2 Å². The molecular formula is C27H30N2O5. The van der Waals surface area contributed by atoms with Crippen molar-refractivity contribution in [1.29, 1.82) is 0 Å². The third-order valence-corrected chi connectivity index (χ3v) is 5.14. The maximum atomic E-state index is 12.9. The molecule has 3 aromatic rings. The van der Waals surface area contributed by atoms with E-state index in [1.54, 1.807) is 49.6 Å². The maximum Gasteiger partial charge on any atom is 0.262 e. The molecular weight excluding hydrogens is 432 g/mol. The molecule has 0 aromatic heterocycles. The fourth-order valence-corrected chi connectivity index (χ4v) is 3.38. The first-order valence-electron chi connectivity index (χ1n) is 10.9. The molecule has 34 heavy (non-hydrogen) atoms. The predicted molar refractivity (Wildman–Crippen MR) is 133 cm³/mol. The Morgan fingerprint density at radius 3 is 2.18 bits per heavy atom. The molecule has 0 bridgehead atoms. The van der Waals surface area contributed by atoms with Crippen molar-refractivity contribution in [3.63, 3.8) is 0 Å². The number of hydrogen-bond acceptors (Lipinski definition) is 5. The smallest absolute Gasteiger partial charge is 0.262 e. The fraction of sp³-hybridized carbons (Fsp3) is 0.259. The third kappa shape index (κ3) is 6.28. The van der Waals surface area contributed by atoms with Gasteiger partial charge in [0.05, 0.1) is 14.2 Å². The Morgan fingerprint density at radius 2 is 1.53 bits per heavy atom. The first-order chi connectivity index (χ1) is 16.2. The van der Waals surface area contributed by atoms with Crippen LogP contribution >= 0.6 is 0 Å². The molecule has 0 aliphatic rings. The summed E-state index contributed by atoms with van der Waals surface area (Å²) in [4.78, 5) is 25.2. The number of ether oxygens (including phenoxy) is 3. The zero-order valence-corrected chi connectivity index (χ0v) is 20.1. The van der Waals surface area contributed by atoms with Crippen molar-refractivity contribution in [2.75, 3.05) is 31.5 Å². The van der Waals surface area contributed by atoms with Crippen LogP contribution in [0.1, 0.15) is 36.7 Å². The van der Waals surface area contributed by atoms with Gasteiger partial charge in [-0.05, 0) is 59.5 Å². The minimum absolute atomic E-state index is 0.119. The summed E-state index contributed by atoms with van der Waals surface area (Å²) in [5.74, 6) is 0.824. The van der Waals surface area contributed by atoms with Crippen molar-refractivity contribution in [1.82, 2.24) is 0 Å². The predicted octanol–water partition coefficient (Wildman–Crippen LogP) is 5.27. The molecule has 2 amide bonds. The molecule has 0 aliphatic heterocycles. The number of carbonyl (C=O) groups is 2. The monoisotopic (exact) mass is 462 g/mol. The van der Waals surface area contributed by atoms with Gasteiger partial charge in [0.1, 0.15) is 5.75 Å². The van der Waals surface area contributed by atoms with E-state index >= 15 is 0 Å². The van der Waals surface area contributed by atoms with E-state index in [0.29, 0.717) is 28.5 Å². The van der Waals surface area contributed by atoms with E-state index in [1.807, 2.05) is 24.3 Å². The van der Waals surface area contributed by atoms with Crippen LogP contribution in [0.15, 0.2) is 66.7 Å². The second kappa shape index (κ2) is 10.7. The number of amides is 2. The number of benzene rings is 3. The molecule has 7 heteroatoms. The van der Waals surface area contributed by atoms with Gasteiger partial charge in [-0.25, -0.2) is 0 Å². The molecule has 7 nitrogen and oxygen atoms in total. The number of rotatable bonds is 8. The van der Waals surface area contributed by atoms with Gasteiger partial charge in [0.2, 0.25) is 0 Å². The van der Waals surface area contributed by atoms with E-state index in [-0.39, 0.29) is 23.8 Å². The van der Waals surface area contributed by atoms with Crippen LogP contribution in [0, 0.1) is 0 Å². The molecule has 0 radical (unpaired) electrons. The zero-order valence-electron chi connectivity index (χ0n) is 20.1. The van der Waals surface area contributed by atoms with E-state index in [2.05, 4.69) is 31.4 Å². The van der Waals surface area contributed by atoms with Crippen LogP contribution in [-0.2, 0) is 10.2 Å². The largest absolute Gasteiger partial charge is 0.497 e. The van der Waals surface area contributed by atoms with Crippen LogP contribution in [-0.4, -0.2) is 32.6 Å². The minimum Gasteiger partial charge on any atom is -0.497 e. The van der Waals surface area contributed by atoms with Crippen molar-refractivity contribution in [3.05, 3.63) is 77.9 Å². The Bertz CT molecular complexity index is 1150. The molecule has 0 unspecified atom stereocenters. The van der Waals surface area contributed by atoms with Gasteiger partial charge in [-0.15, -0.1) is 0 Å². The highest BCUT2D eigenvalue weighted by atomic mass is 16.5. The summed E-state index contributed by atoms with van der Waals surface area (Å²) in [5.41, 5.74) is 2.72. The van der Waals surface area contributed by atoms with Gasteiger partial charge in [0.25, 0.3) is 11.8 Å². The molecule has 0 heterocycles. The van der Waals surface area contributed by atoms with Crippen molar-refractivity contribution in [2.24, 2.45) is 0 Å². The number of hydrogen-bond donors (Lipinski definition) is 2. The van der Waals surface area contributed by atoms with E-state index < -0.39 is 0 Å². The Balaban J connectivity index is 1.66. The third-order valence-electron chi connectivity index (χ3n) is 5.14. The standard InChI is InChI=1S/C27H30N2O5/c1-27(2,3)21-8-6-7-9-22(21)29-26(31)18-10-15-23(24(16-18)33-5)34-17-25(30)28-19-11-13-20(32-4)14-12-19/h6-16H,17H2,1-5H3,(H,28,30)(H,29,31). The number of methoxy groups -OCH3 is 2. The highest BCUT2D eigenvalue weighted by Gasteiger charge is 2.19. The average Bonchev–Trinajstić information content (AvgIpc) is 2.82. The van der Waals surface area contributed by atoms with Crippen molar-refractivity contribution in [2.45, 2.75) is 26.2 Å². The molecule has 0 aliphatic carbocycles. The van der Waals surface area contributed by atoms with Crippen LogP contribution in [0.4, 0.5) is 11.4 Å². The van der Waals surface area contributed by atoms with E-state index in [1.165, 1.54) is 7.11 Å². The lowest BCUT2D eigenvalue weighted by molar-refractivity contribution is -0.118. The second-order valence-corrected chi connectivity index (χ2v) is 8.68. The molecule has 3 aromatic carbocycles. The fourth-order valence-electron chi connectivity index (χ4n) is 3.38. The Hall–Kier alpha value is -4.00. The first kappa shape index (κ1) is 24.6. The van der Waals surface area contributed by atoms with Gasteiger partial charge in [-0.3, -0.25) is 9.59 Å². The van der Waals surface area contributed by atoms with E-state index in [4.69, 9.17) is 14.2 Å². The highest BCUT2D eigenvalue weighted by molar-refractivity contribution is 6.05. The summed E-state index contributed by atoms with van der Waals surface area (Å²) in [6.07, 6.45) is 0. The highest BCUT2D eigenvalue weighted by Crippen LogP contribution is 2.31. The van der Waals surface area contributed by atoms with E-state index in [9.17, 15) is 9.59 Å². The summed E-state index contributed by atoms with van der Waals surface area (Å²) in [7, 11) is 3.06. The molecule has 0 fully saturated rings. The molecule has 0 atom stereocenters. The molecule has 3 rings (SSSR count). The van der Waals surface area contributed by atoms with E-state index in [0.717, 1.165) is 11.3 Å². The molecule has 0 saturated carbocycles. The summed E-state index contributed by atoms with van der Waals surface area (Å²) < 4.78 is 16.1. The number of anilines is 2. The summed E-state index contributed by atoms with van der Waals surface area (Å²) in [6, 6.07) is 19.6. The van der Waals surface area contributed by atoms with Gasteiger partial charge in [-0.1, -0.05) is 39.0 Å². The Kier molecular flexibility index (Phi) is 7.79. The van der Waals surface area contributed by atoms with Crippen LogP contribution in [0.2, 0.25) is 0 Å². The molecule has 2 N–H and O–H groups in total. The van der Waals surface area contributed by atoms with Crippen LogP contribution in [0.25, 0.3) is 0 Å². The minimum atomic E-state index is -0.326. The van der Waals surface area contributed by atoms with Crippen molar-refractivity contribution >= 4 is 23.2 Å². The summed E-state index contributed by atoms with van der Waals surface area (Å²) >= 11 is 0. The van der Waals surface area contributed by atoms with Gasteiger partial charge >= 0.3 is 0 Å². The Labute approximate surface area is 200 Å².